The van der Waals surface area contributed by atoms with Gasteiger partial charge in [-0.3, -0.25) is 0 Å². The molecule has 1 aliphatic heterocycles. The summed E-state index contributed by atoms with van der Waals surface area (Å²) in [4.78, 5) is 24.3. The maximum absolute atomic E-state index is 12.5. The predicted octanol–water partition coefficient (Wildman–Crippen LogP) is 3.58. The third-order valence-electron chi connectivity index (χ3n) is 4.20. The van der Waals surface area contributed by atoms with E-state index < -0.39 is 30.6 Å². The van der Waals surface area contributed by atoms with Gasteiger partial charge in [0.15, 0.2) is 0 Å². The molecule has 12 heteroatoms. The lowest BCUT2D eigenvalue weighted by Crippen LogP contribution is -2.52. The van der Waals surface area contributed by atoms with E-state index in [2.05, 4.69) is 15.4 Å². The van der Waals surface area contributed by atoms with E-state index in [9.17, 15) is 35.9 Å². The second-order valence-corrected chi connectivity index (χ2v) is 6.42. The van der Waals surface area contributed by atoms with Gasteiger partial charge in [-0.05, 0) is 18.4 Å². The molecule has 0 saturated carbocycles. The van der Waals surface area contributed by atoms with Gasteiger partial charge in [0.2, 0.25) is 0 Å². The van der Waals surface area contributed by atoms with Gasteiger partial charge >= 0.3 is 24.5 Å². The number of hydrogen-bond acceptors (Lipinski definition) is 3. The Labute approximate surface area is 162 Å². The Morgan fingerprint density at radius 2 is 1.59 bits per heavy atom. The van der Waals surface area contributed by atoms with Crippen LogP contribution in [0.3, 0.4) is 0 Å². The van der Waals surface area contributed by atoms with Crippen LogP contribution in [-0.4, -0.2) is 54.6 Å². The molecule has 1 aromatic carbocycles. The maximum atomic E-state index is 12.5. The van der Waals surface area contributed by atoms with E-state index in [1.807, 2.05) is 30.3 Å². The minimum atomic E-state index is -5.76. The number of ether oxygens (including phenoxy) is 1. The zero-order valence-electron chi connectivity index (χ0n) is 15.0. The van der Waals surface area contributed by atoms with Gasteiger partial charge < -0.3 is 20.3 Å². The number of urea groups is 1. The monoisotopic (exact) mass is 427 g/mol. The summed E-state index contributed by atoms with van der Waals surface area (Å²) in [7, 11) is 0. The molecule has 0 atom stereocenters. The van der Waals surface area contributed by atoms with Crippen molar-refractivity contribution in [3.8, 4) is 0 Å². The second-order valence-electron chi connectivity index (χ2n) is 6.42. The van der Waals surface area contributed by atoms with Crippen molar-refractivity contribution in [1.82, 2.24) is 15.5 Å². The first-order chi connectivity index (χ1) is 13.5. The number of halogens is 6. The smallest absolute Gasteiger partial charge is 0.426 e. The molecule has 0 unspecified atom stereocenters. The van der Waals surface area contributed by atoms with Gasteiger partial charge in [-0.2, -0.15) is 26.3 Å². The standard InChI is InChI=1S/C17H19F6N3O3/c18-16(19,20)13(17(21,22)23)29-15(28)26-8-6-12(7-9-26)25-14(27)24-10-11-4-2-1-3-5-11/h1-5,12-13H,6-10H2,(H2,24,25,27). The minimum absolute atomic E-state index is 0.148. The summed E-state index contributed by atoms with van der Waals surface area (Å²) in [5.74, 6) is 0. The molecule has 1 aliphatic rings. The molecule has 0 aromatic heterocycles. The van der Waals surface area contributed by atoms with E-state index in [0.29, 0.717) is 0 Å². The van der Waals surface area contributed by atoms with Crippen molar-refractivity contribution in [2.24, 2.45) is 0 Å². The van der Waals surface area contributed by atoms with Crippen molar-refractivity contribution in [2.45, 2.75) is 43.9 Å². The van der Waals surface area contributed by atoms with Crippen LogP contribution in [0.25, 0.3) is 0 Å². The summed E-state index contributed by atoms with van der Waals surface area (Å²) < 4.78 is 78.5. The van der Waals surface area contributed by atoms with Crippen LogP contribution in [0.15, 0.2) is 30.3 Å². The molecule has 2 rings (SSSR count). The third-order valence-corrected chi connectivity index (χ3v) is 4.20. The Morgan fingerprint density at radius 3 is 2.10 bits per heavy atom. The van der Waals surface area contributed by atoms with Crippen molar-refractivity contribution in [3.63, 3.8) is 0 Å². The van der Waals surface area contributed by atoms with E-state index >= 15 is 0 Å². The number of nitrogens with zero attached hydrogens (tertiary/aromatic N) is 1. The highest BCUT2D eigenvalue weighted by molar-refractivity contribution is 5.74. The molecule has 1 fully saturated rings. The Morgan fingerprint density at radius 1 is 1.03 bits per heavy atom. The SMILES string of the molecule is O=C(NCc1ccccc1)NC1CCN(C(=O)OC(C(F)(F)F)C(F)(F)F)CC1. The number of piperidine rings is 1. The molecule has 0 radical (unpaired) electrons. The zero-order chi connectivity index (χ0) is 21.7. The Balaban J connectivity index is 1.77. The normalized spacial score (nSPS) is 15.9. The number of likely N-dealkylation sites (tertiary alicyclic amines) is 1. The predicted molar refractivity (Wildman–Crippen MR) is 88.8 cm³/mol. The highest BCUT2D eigenvalue weighted by atomic mass is 19.4. The summed E-state index contributed by atoms with van der Waals surface area (Å²) in [6.45, 7) is -0.0100. The molecular weight excluding hydrogens is 408 g/mol. The number of alkyl halides is 6. The molecule has 29 heavy (non-hydrogen) atoms. The van der Waals surface area contributed by atoms with E-state index in [1.165, 1.54) is 0 Å². The molecule has 2 N–H and O–H groups in total. The van der Waals surface area contributed by atoms with Crippen molar-refractivity contribution in [1.29, 1.82) is 0 Å². The molecule has 0 aliphatic carbocycles. The van der Waals surface area contributed by atoms with Crippen molar-refractivity contribution >= 4 is 12.1 Å². The van der Waals surface area contributed by atoms with Crippen LogP contribution >= 0.6 is 0 Å². The Hall–Kier alpha value is -2.66. The maximum Gasteiger partial charge on any atom is 0.434 e. The van der Waals surface area contributed by atoms with E-state index in [1.54, 1.807) is 0 Å². The van der Waals surface area contributed by atoms with Crippen LogP contribution in [0, 0.1) is 0 Å². The molecule has 0 bridgehead atoms. The highest BCUT2D eigenvalue weighted by Gasteiger charge is 2.60. The molecular formula is C17H19F6N3O3. The first-order valence-corrected chi connectivity index (χ1v) is 8.64. The Bertz CT molecular complexity index is 674. The van der Waals surface area contributed by atoms with Gasteiger partial charge in [0, 0.05) is 25.7 Å². The van der Waals surface area contributed by atoms with Gasteiger partial charge in [0.05, 0.1) is 0 Å². The second kappa shape index (κ2) is 9.23. The van der Waals surface area contributed by atoms with Crippen molar-refractivity contribution in [3.05, 3.63) is 35.9 Å². The first-order valence-electron chi connectivity index (χ1n) is 8.64. The molecule has 162 valence electrons. The number of nitrogens with one attached hydrogen (secondary N) is 2. The number of rotatable bonds is 4. The first kappa shape index (κ1) is 22.6. The molecule has 1 heterocycles. The average Bonchev–Trinajstić information content (AvgIpc) is 2.64. The van der Waals surface area contributed by atoms with Crippen LogP contribution in [-0.2, 0) is 11.3 Å². The van der Waals surface area contributed by atoms with Crippen LogP contribution < -0.4 is 10.6 Å². The number of benzene rings is 1. The number of carbonyl (C=O) groups is 2. The third kappa shape index (κ3) is 7.02. The topological polar surface area (TPSA) is 70.7 Å². The van der Waals surface area contributed by atoms with Crippen LogP contribution in [0.4, 0.5) is 35.9 Å². The fourth-order valence-electron chi connectivity index (χ4n) is 2.72. The fourth-order valence-corrected chi connectivity index (χ4v) is 2.72. The van der Waals surface area contributed by atoms with E-state index in [-0.39, 0.29) is 38.5 Å². The summed E-state index contributed by atoms with van der Waals surface area (Å²) in [6.07, 6.45) is -17.1. The van der Waals surface area contributed by atoms with Gasteiger partial charge in [0.1, 0.15) is 0 Å². The molecule has 6 nitrogen and oxygen atoms in total. The lowest BCUT2D eigenvalue weighted by atomic mass is 10.1. The van der Waals surface area contributed by atoms with Gasteiger partial charge in [-0.15, -0.1) is 0 Å². The highest BCUT2D eigenvalue weighted by Crippen LogP contribution is 2.36. The average molecular weight is 427 g/mol. The largest absolute Gasteiger partial charge is 0.434 e. The summed E-state index contributed by atoms with van der Waals surface area (Å²) >= 11 is 0. The number of hydrogen-bond donors (Lipinski definition) is 2. The van der Waals surface area contributed by atoms with Gasteiger partial charge in [-0.25, -0.2) is 9.59 Å². The summed E-state index contributed by atoms with van der Waals surface area (Å²) in [6, 6.07) is 8.24. The molecule has 1 aromatic rings. The zero-order valence-corrected chi connectivity index (χ0v) is 15.0. The van der Waals surface area contributed by atoms with Gasteiger partial charge in [0.25, 0.3) is 6.10 Å². The molecule has 0 spiro atoms. The van der Waals surface area contributed by atoms with E-state index in [0.717, 1.165) is 10.5 Å². The number of carbonyl (C=O) groups excluding carboxylic acids is 2. The fraction of sp³-hybridized carbons (Fsp3) is 0.529. The van der Waals surface area contributed by atoms with Crippen molar-refractivity contribution < 1.29 is 40.7 Å². The van der Waals surface area contributed by atoms with Gasteiger partial charge in [-0.1, -0.05) is 30.3 Å². The lowest BCUT2D eigenvalue weighted by molar-refractivity contribution is -0.308. The molecule has 3 amide bonds. The molecule has 1 saturated heterocycles. The number of amides is 3. The Kier molecular flexibility index (Phi) is 7.20. The van der Waals surface area contributed by atoms with E-state index in [4.69, 9.17) is 0 Å². The minimum Gasteiger partial charge on any atom is -0.426 e. The quantitative estimate of drug-likeness (QED) is 0.722. The van der Waals surface area contributed by atoms with Crippen LogP contribution in [0.5, 0.6) is 0 Å². The summed E-state index contributed by atoms with van der Waals surface area (Å²) in [5.41, 5.74) is 0.879. The van der Waals surface area contributed by atoms with Crippen molar-refractivity contribution in [2.75, 3.05) is 13.1 Å². The summed E-state index contributed by atoms with van der Waals surface area (Å²) in [5, 5.41) is 5.28. The van der Waals surface area contributed by atoms with Crippen LogP contribution in [0.1, 0.15) is 18.4 Å². The van der Waals surface area contributed by atoms with Crippen LogP contribution in [0.2, 0.25) is 0 Å². The lowest BCUT2D eigenvalue weighted by Gasteiger charge is -2.33.